The van der Waals surface area contributed by atoms with Crippen molar-refractivity contribution in [1.82, 2.24) is 8.87 Å². The Labute approximate surface area is 221 Å². The van der Waals surface area contributed by atoms with Crippen molar-refractivity contribution in [3.8, 4) is 0 Å². The van der Waals surface area contributed by atoms with Crippen LogP contribution in [0.1, 0.15) is 67.8 Å². The molecule has 3 aromatic rings. The molecule has 198 valence electrons. The van der Waals surface area contributed by atoms with E-state index in [4.69, 9.17) is 4.74 Å². The fourth-order valence-electron chi connectivity index (χ4n) is 4.61. The number of methoxy groups -OCH3 is 1. The number of hydrogen-bond donors (Lipinski definition) is 0. The highest BCUT2D eigenvalue weighted by Crippen LogP contribution is 2.27. The van der Waals surface area contributed by atoms with E-state index in [0.29, 0.717) is 10.7 Å². The van der Waals surface area contributed by atoms with Crippen molar-refractivity contribution >= 4 is 43.5 Å². The quantitative estimate of drug-likeness (QED) is 0.403. The summed E-state index contributed by atoms with van der Waals surface area (Å²) < 4.78 is 35.1. The van der Waals surface area contributed by atoms with E-state index in [1.807, 2.05) is 18.2 Å². The molecule has 1 amide bonds. The van der Waals surface area contributed by atoms with Gasteiger partial charge in [0, 0.05) is 18.7 Å². The van der Waals surface area contributed by atoms with Gasteiger partial charge < -0.3 is 9.30 Å². The van der Waals surface area contributed by atoms with Crippen molar-refractivity contribution in [2.24, 2.45) is 4.99 Å². The average molecular weight is 544 g/mol. The molecular weight excluding hydrogens is 510 g/mol. The number of esters is 1. The predicted octanol–water partition coefficient (Wildman–Crippen LogP) is 4.69. The molecule has 0 radical (unpaired) electrons. The Kier molecular flexibility index (Phi) is 8.30. The van der Waals surface area contributed by atoms with Gasteiger partial charge in [-0.2, -0.15) is 9.30 Å². The molecule has 8 nitrogen and oxygen atoms in total. The third-order valence-corrected chi connectivity index (χ3v) is 9.92. The molecule has 0 bridgehead atoms. The first kappa shape index (κ1) is 27.2. The average Bonchev–Trinajstić information content (AvgIpc) is 3.24. The molecule has 1 saturated carbocycles. The van der Waals surface area contributed by atoms with Crippen LogP contribution in [-0.2, 0) is 26.1 Å². The molecule has 37 heavy (non-hydrogen) atoms. The molecule has 0 saturated heterocycles. The lowest BCUT2D eigenvalue weighted by molar-refractivity contribution is -0.141. The van der Waals surface area contributed by atoms with Gasteiger partial charge in [-0.25, -0.2) is 8.42 Å². The highest BCUT2D eigenvalue weighted by molar-refractivity contribution is 7.89. The van der Waals surface area contributed by atoms with E-state index in [-0.39, 0.29) is 23.0 Å². The van der Waals surface area contributed by atoms with E-state index in [2.05, 4.69) is 18.8 Å². The second-order valence-corrected chi connectivity index (χ2v) is 12.7. The lowest BCUT2D eigenvalue weighted by Crippen LogP contribution is -2.38. The van der Waals surface area contributed by atoms with E-state index >= 15 is 0 Å². The zero-order valence-corrected chi connectivity index (χ0v) is 23.3. The Bertz CT molecular complexity index is 1460. The van der Waals surface area contributed by atoms with Crippen molar-refractivity contribution in [3.63, 3.8) is 0 Å². The first-order chi connectivity index (χ1) is 17.6. The number of thiazole rings is 1. The van der Waals surface area contributed by atoms with Gasteiger partial charge in [-0.1, -0.05) is 50.5 Å². The van der Waals surface area contributed by atoms with Crippen LogP contribution in [0.2, 0.25) is 0 Å². The molecule has 1 aromatic heterocycles. The molecule has 1 aliphatic carbocycles. The number of fused-ring (bicyclic) bond motifs is 1. The Morgan fingerprint density at radius 1 is 1.11 bits per heavy atom. The highest BCUT2D eigenvalue weighted by Gasteiger charge is 2.29. The van der Waals surface area contributed by atoms with Crippen LogP contribution in [0, 0.1) is 0 Å². The predicted molar refractivity (Wildman–Crippen MR) is 144 cm³/mol. The lowest BCUT2D eigenvalue weighted by Gasteiger charge is -2.30. The number of sulfonamides is 1. The first-order valence-electron chi connectivity index (χ1n) is 12.5. The van der Waals surface area contributed by atoms with Crippen LogP contribution >= 0.6 is 11.3 Å². The summed E-state index contributed by atoms with van der Waals surface area (Å²) in [4.78, 5) is 30.0. The number of amides is 1. The second kappa shape index (κ2) is 11.3. The van der Waals surface area contributed by atoms with Crippen LogP contribution in [0.15, 0.2) is 52.4 Å². The maximum atomic E-state index is 13.1. The van der Waals surface area contributed by atoms with Gasteiger partial charge in [0.15, 0.2) is 4.80 Å². The van der Waals surface area contributed by atoms with E-state index in [1.165, 1.54) is 47.0 Å². The summed E-state index contributed by atoms with van der Waals surface area (Å²) in [5.41, 5.74) is 2.20. The number of aromatic nitrogens is 1. The van der Waals surface area contributed by atoms with Crippen LogP contribution in [0.5, 0.6) is 0 Å². The topological polar surface area (TPSA) is 98.0 Å². The number of carbonyl (C=O) groups is 2. The van der Waals surface area contributed by atoms with Crippen LogP contribution in [0.3, 0.4) is 0 Å². The molecule has 0 N–H and O–H groups in total. The number of benzene rings is 2. The van der Waals surface area contributed by atoms with Gasteiger partial charge in [-0.3, -0.25) is 9.59 Å². The summed E-state index contributed by atoms with van der Waals surface area (Å²) in [6, 6.07) is 11.9. The minimum atomic E-state index is -3.65. The van der Waals surface area contributed by atoms with E-state index in [0.717, 1.165) is 47.9 Å². The molecule has 10 heteroatoms. The number of hydrogen-bond acceptors (Lipinski definition) is 6. The van der Waals surface area contributed by atoms with Gasteiger partial charge in [0.05, 0.1) is 22.2 Å². The fraction of sp³-hybridized carbons (Fsp3) is 0.444. The number of ether oxygens (including phenoxy) is 1. The molecule has 2 aromatic carbocycles. The Morgan fingerprint density at radius 2 is 1.78 bits per heavy atom. The Morgan fingerprint density at radius 3 is 2.41 bits per heavy atom. The van der Waals surface area contributed by atoms with Crippen molar-refractivity contribution in [2.45, 2.75) is 69.4 Å². The zero-order valence-electron chi connectivity index (χ0n) is 21.6. The van der Waals surface area contributed by atoms with Crippen molar-refractivity contribution in [2.75, 3.05) is 14.2 Å². The van der Waals surface area contributed by atoms with Crippen LogP contribution < -0.4 is 4.80 Å². The second-order valence-electron chi connectivity index (χ2n) is 9.68. The van der Waals surface area contributed by atoms with Crippen molar-refractivity contribution in [3.05, 3.63) is 58.4 Å². The molecule has 0 unspecified atom stereocenters. The summed E-state index contributed by atoms with van der Waals surface area (Å²) in [6.07, 6.45) is 4.94. The number of carbonyl (C=O) groups excluding carboxylic acids is 2. The molecule has 1 heterocycles. The third kappa shape index (κ3) is 5.86. The van der Waals surface area contributed by atoms with Gasteiger partial charge in [0.25, 0.3) is 5.91 Å². The summed E-state index contributed by atoms with van der Waals surface area (Å²) in [5, 5.41) is 0. The largest absolute Gasteiger partial charge is 0.468 e. The molecule has 1 aliphatic rings. The highest BCUT2D eigenvalue weighted by atomic mass is 32.2. The monoisotopic (exact) mass is 543 g/mol. The zero-order chi connectivity index (χ0) is 26.7. The van der Waals surface area contributed by atoms with E-state index in [9.17, 15) is 18.0 Å². The molecule has 4 rings (SSSR count). The van der Waals surface area contributed by atoms with Crippen LogP contribution in [-0.4, -0.2) is 49.4 Å². The van der Waals surface area contributed by atoms with E-state index < -0.39 is 21.9 Å². The summed E-state index contributed by atoms with van der Waals surface area (Å²) in [5.74, 6) is -0.633. The molecule has 0 spiro atoms. The normalized spacial score (nSPS) is 15.6. The van der Waals surface area contributed by atoms with Crippen LogP contribution in [0.4, 0.5) is 0 Å². The summed E-state index contributed by atoms with van der Waals surface area (Å²) in [7, 11) is -0.706. The maximum Gasteiger partial charge on any atom is 0.325 e. The smallest absolute Gasteiger partial charge is 0.325 e. The van der Waals surface area contributed by atoms with Gasteiger partial charge in [0.2, 0.25) is 10.0 Å². The van der Waals surface area contributed by atoms with Crippen molar-refractivity contribution in [1.29, 1.82) is 0 Å². The first-order valence-corrected chi connectivity index (χ1v) is 14.7. The van der Waals surface area contributed by atoms with Crippen LogP contribution in [0.25, 0.3) is 10.2 Å². The molecule has 0 atom stereocenters. The summed E-state index contributed by atoms with van der Waals surface area (Å²) in [6.45, 7) is 4.13. The standard InChI is InChI=1S/C27H33N3O5S2/c1-18(2)20-12-15-23-24(16-20)36-27(30(23)17-25(31)35-4)28-26(32)19-10-13-22(14-11-19)37(33,34)29(3)21-8-6-5-7-9-21/h10-16,18,21H,5-9,17H2,1-4H3. The number of nitrogens with zero attached hydrogens (tertiary/aromatic N) is 3. The molecular formula is C27H33N3O5S2. The van der Waals surface area contributed by atoms with Gasteiger partial charge >= 0.3 is 5.97 Å². The maximum absolute atomic E-state index is 13.1. The van der Waals surface area contributed by atoms with E-state index in [1.54, 1.807) is 11.6 Å². The van der Waals surface area contributed by atoms with Gasteiger partial charge in [0.1, 0.15) is 6.54 Å². The Hall–Kier alpha value is -2.82. The SMILES string of the molecule is COC(=O)Cn1c(=NC(=O)c2ccc(S(=O)(=O)N(C)C3CCCCC3)cc2)sc2cc(C(C)C)ccc21. The molecule has 0 aliphatic heterocycles. The summed E-state index contributed by atoms with van der Waals surface area (Å²) >= 11 is 1.32. The Balaban J connectivity index is 1.65. The van der Waals surface area contributed by atoms with Gasteiger partial charge in [-0.05, 0) is 60.7 Å². The third-order valence-electron chi connectivity index (χ3n) is 6.95. The minimum Gasteiger partial charge on any atom is -0.468 e. The lowest BCUT2D eigenvalue weighted by atomic mass is 9.96. The molecule has 1 fully saturated rings. The number of rotatable bonds is 7. The van der Waals surface area contributed by atoms with Gasteiger partial charge in [-0.15, -0.1) is 0 Å². The minimum absolute atomic E-state index is 0.00416. The fourth-order valence-corrected chi connectivity index (χ4v) is 7.10. The van der Waals surface area contributed by atoms with Crippen molar-refractivity contribution < 1.29 is 22.7 Å².